The summed E-state index contributed by atoms with van der Waals surface area (Å²) < 4.78 is 5.81. The van der Waals surface area contributed by atoms with Crippen molar-refractivity contribution in [2.75, 3.05) is 17.6 Å². The summed E-state index contributed by atoms with van der Waals surface area (Å²) in [5.74, 6) is 2.29. The van der Waals surface area contributed by atoms with Crippen molar-refractivity contribution in [2.45, 2.75) is 6.42 Å². The Hall–Kier alpha value is -3.60. The smallest absolute Gasteiger partial charge is 0.223 e. The van der Waals surface area contributed by atoms with Crippen molar-refractivity contribution in [2.24, 2.45) is 0 Å². The Kier molecular flexibility index (Phi) is 4.83. The fraction of sp³-hybridized carbons (Fsp3) is 0.0909. The average Bonchev–Trinajstić information content (AvgIpc) is 2.70. The van der Waals surface area contributed by atoms with Crippen molar-refractivity contribution >= 4 is 22.5 Å². The van der Waals surface area contributed by atoms with Gasteiger partial charge in [-0.3, -0.25) is 0 Å². The van der Waals surface area contributed by atoms with E-state index in [2.05, 4.69) is 27.4 Å². The Morgan fingerprint density at radius 2 is 1.67 bits per heavy atom. The van der Waals surface area contributed by atoms with E-state index >= 15 is 0 Å². The fourth-order valence-corrected chi connectivity index (χ4v) is 2.80. The van der Waals surface area contributed by atoms with Gasteiger partial charge in [-0.05, 0) is 54.4 Å². The van der Waals surface area contributed by atoms with Crippen molar-refractivity contribution in [3.05, 3.63) is 84.6 Å². The van der Waals surface area contributed by atoms with Crippen LogP contribution in [0.1, 0.15) is 5.56 Å². The number of nitrogens with one attached hydrogen (secondary N) is 1. The van der Waals surface area contributed by atoms with Gasteiger partial charge in [0.2, 0.25) is 5.95 Å². The maximum Gasteiger partial charge on any atom is 0.223 e. The minimum atomic E-state index is 0.622. The molecule has 5 heteroatoms. The van der Waals surface area contributed by atoms with E-state index in [1.807, 2.05) is 60.7 Å². The molecule has 3 aromatic carbocycles. The van der Waals surface area contributed by atoms with Gasteiger partial charge in [0.05, 0.1) is 5.52 Å². The molecule has 0 aliphatic heterocycles. The number of nitrogens with two attached hydrogens (primary N) is 1. The summed E-state index contributed by atoms with van der Waals surface area (Å²) in [6.45, 7) is 0.749. The average molecular weight is 356 g/mol. The van der Waals surface area contributed by atoms with Crippen LogP contribution in [-0.4, -0.2) is 16.5 Å². The first kappa shape index (κ1) is 16.8. The van der Waals surface area contributed by atoms with Gasteiger partial charge in [0.15, 0.2) is 0 Å². The number of nitrogen functional groups attached to an aromatic ring is 1. The zero-order chi connectivity index (χ0) is 18.5. The number of ether oxygens (including phenoxy) is 1. The van der Waals surface area contributed by atoms with E-state index in [0.29, 0.717) is 11.6 Å². The van der Waals surface area contributed by atoms with Crippen LogP contribution < -0.4 is 15.8 Å². The second-order valence-electron chi connectivity index (χ2n) is 6.25. The van der Waals surface area contributed by atoms with Gasteiger partial charge < -0.3 is 15.8 Å². The molecule has 0 amide bonds. The van der Waals surface area contributed by atoms with Gasteiger partial charge in [0.25, 0.3) is 0 Å². The third-order valence-electron chi connectivity index (χ3n) is 4.20. The third-order valence-corrected chi connectivity index (χ3v) is 4.20. The number of fused-ring (bicyclic) bond motifs is 1. The predicted octanol–water partition coefficient (Wildman–Crippen LogP) is 4.66. The van der Waals surface area contributed by atoms with Crippen molar-refractivity contribution < 1.29 is 4.74 Å². The SMILES string of the molecule is Nc1ccc2nc(NCCc3ccc(Oc4ccccc4)cc3)ncc2c1. The lowest BCUT2D eigenvalue weighted by Crippen LogP contribution is -2.07. The number of rotatable bonds is 6. The first-order valence-corrected chi connectivity index (χ1v) is 8.84. The Labute approximate surface area is 157 Å². The number of anilines is 2. The number of hydrogen-bond donors (Lipinski definition) is 2. The van der Waals surface area contributed by atoms with Crippen LogP contribution in [0.3, 0.4) is 0 Å². The summed E-state index contributed by atoms with van der Waals surface area (Å²) in [5.41, 5.74) is 8.59. The fourth-order valence-electron chi connectivity index (χ4n) is 2.80. The Bertz CT molecular complexity index is 1030. The molecule has 3 N–H and O–H groups in total. The quantitative estimate of drug-likeness (QED) is 0.492. The van der Waals surface area contributed by atoms with Crippen molar-refractivity contribution in [1.29, 1.82) is 0 Å². The van der Waals surface area contributed by atoms with Gasteiger partial charge in [-0.15, -0.1) is 0 Å². The number of nitrogens with zero attached hydrogens (tertiary/aromatic N) is 2. The Morgan fingerprint density at radius 3 is 2.48 bits per heavy atom. The molecule has 5 nitrogen and oxygen atoms in total. The third kappa shape index (κ3) is 4.33. The number of hydrogen-bond acceptors (Lipinski definition) is 5. The summed E-state index contributed by atoms with van der Waals surface area (Å²) >= 11 is 0. The molecule has 1 heterocycles. The van der Waals surface area contributed by atoms with Gasteiger partial charge in [-0.25, -0.2) is 9.97 Å². The van der Waals surface area contributed by atoms with Gasteiger partial charge in [-0.1, -0.05) is 30.3 Å². The highest BCUT2D eigenvalue weighted by Gasteiger charge is 2.01. The minimum Gasteiger partial charge on any atom is -0.457 e. The van der Waals surface area contributed by atoms with Crippen molar-refractivity contribution in [1.82, 2.24) is 9.97 Å². The van der Waals surface area contributed by atoms with E-state index in [0.717, 1.165) is 35.4 Å². The zero-order valence-electron chi connectivity index (χ0n) is 14.8. The van der Waals surface area contributed by atoms with Crippen LogP contribution in [0.4, 0.5) is 11.6 Å². The molecule has 0 fully saturated rings. The lowest BCUT2D eigenvalue weighted by Gasteiger charge is -2.08. The molecule has 0 radical (unpaired) electrons. The van der Waals surface area contributed by atoms with Crippen LogP contribution in [0.5, 0.6) is 11.5 Å². The summed E-state index contributed by atoms with van der Waals surface area (Å²) in [6.07, 6.45) is 2.66. The Morgan fingerprint density at radius 1 is 0.889 bits per heavy atom. The molecular weight excluding hydrogens is 336 g/mol. The van der Waals surface area contributed by atoms with E-state index in [4.69, 9.17) is 10.5 Å². The highest BCUT2D eigenvalue weighted by atomic mass is 16.5. The molecule has 4 rings (SSSR count). The van der Waals surface area contributed by atoms with Gasteiger partial charge in [-0.2, -0.15) is 0 Å². The minimum absolute atomic E-state index is 0.622. The van der Waals surface area contributed by atoms with E-state index < -0.39 is 0 Å². The molecule has 0 aliphatic rings. The number of aromatic nitrogens is 2. The summed E-state index contributed by atoms with van der Waals surface area (Å²) in [4.78, 5) is 8.85. The molecule has 134 valence electrons. The standard InChI is InChI=1S/C22H20N4O/c23-18-8-11-21-17(14-18)15-25-22(26-21)24-13-12-16-6-9-20(10-7-16)27-19-4-2-1-3-5-19/h1-11,14-15H,12-13,23H2,(H,24,25,26). The van der Waals surface area contributed by atoms with Crippen LogP contribution in [0, 0.1) is 0 Å². The molecule has 27 heavy (non-hydrogen) atoms. The maximum absolute atomic E-state index is 5.81. The topological polar surface area (TPSA) is 73.1 Å². The monoisotopic (exact) mass is 356 g/mol. The van der Waals surface area contributed by atoms with Crippen LogP contribution in [0.15, 0.2) is 79.0 Å². The maximum atomic E-state index is 5.81. The van der Waals surface area contributed by atoms with E-state index in [1.165, 1.54) is 5.56 Å². The van der Waals surface area contributed by atoms with E-state index in [-0.39, 0.29) is 0 Å². The molecule has 0 bridgehead atoms. The highest BCUT2D eigenvalue weighted by Crippen LogP contribution is 2.21. The summed E-state index contributed by atoms with van der Waals surface area (Å²) in [7, 11) is 0. The lowest BCUT2D eigenvalue weighted by molar-refractivity contribution is 0.482. The highest BCUT2D eigenvalue weighted by molar-refractivity contribution is 5.81. The molecule has 0 aliphatic carbocycles. The predicted molar refractivity (Wildman–Crippen MR) is 109 cm³/mol. The molecule has 0 unspecified atom stereocenters. The van der Waals surface area contributed by atoms with Gasteiger partial charge >= 0.3 is 0 Å². The van der Waals surface area contributed by atoms with Crippen molar-refractivity contribution in [3.63, 3.8) is 0 Å². The molecule has 1 aromatic heterocycles. The molecule has 0 saturated heterocycles. The second kappa shape index (κ2) is 7.74. The van der Waals surface area contributed by atoms with Crippen molar-refractivity contribution in [3.8, 4) is 11.5 Å². The molecule has 0 spiro atoms. The summed E-state index contributed by atoms with van der Waals surface area (Å²) in [5, 5.41) is 4.21. The van der Waals surface area contributed by atoms with E-state index in [1.54, 1.807) is 6.20 Å². The molecule has 4 aromatic rings. The number of benzene rings is 3. The zero-order valence-corrected chi connectivity index (χ0v) is 14.8. The molecule has 0 saturated carbocycles. The molecule has 0 atom stereocenters. The van der Waals surface area contributed by atoms with Crippen LogP contribution >= 0.6 is 0 Å². The largest absolute Gasteiger partial charge is 0.457 e. The van der Waals surface area contributed by atoms with Crippen LogP contribution in [-0.2, 0) is 6.42 Å². The first-order valence-electron chi connectivity index (χ1n) is 8.84. The van der Waals surface area contributed by atoms with Gasteiger partial charge in [0.1, 0.15) is 11.5 Å². The molecular formula is C22H20N4O. The van der Waals surface area contributed by atoms with Crippen LogP contribution in [0.2, 0.25) is 0 Å². The van der Waals surface area contributed by atoms with Gasteiger partial charge in [0, 0.05) is 23.8 Å². The Balaban J connectivity index is 1.33. The number of para-hydroxylation sites is 1. The normalized spacial score (nSPS) is 10.7. The van der Waals surface area contributed by atoms with Crippen LogP contribution in [0.25, 0.3) is 10.9 Å². The lowest BCUT2D eigenvalue weighted by atomic mass is 10.1. The second-order valence-corrected chi connectivity index (χ2v) is 6.25. The summed E-state index contributed by atoms with van der Waals surface area (Å²) in [6, 6.07) is 23.5. The van der Waals surface area contributed by atoms with E-state index in [9.17, 15) is 0 Å². The first-order chi connectivity index (χ1) is 13.3.